The van der Waals surface area contributed by atoms with E-state index in [-0.39, 0.29) is 0 Å². The molecule has 1 aromatic carbocycles. The van der Waals surface area contributed by atoms with Gasteiger partial charge in [-0.25, -0.2) is 4.79 Å². The highest BCUT2D eigenvalue weighted by atomic mass is 16.4. The summed E-state index contributed by atoms with van der Waals surface area (Å²) in [6, 6.07) is 7.05. The first-order chi connectivity index (χ1) is 8.27. The zero-order valence-corrected chi connectivity index (χ0v) is 9.15. The molecule has 0 bridgehead atoms. The van der Waals surface area contributed by atoms with E-state index in [1.54, 1.807) is 9.80 Å². The highest BCUT2D eigenvalue weighted by Gasteiger charge is 2.32. The number of benzene rings is 1. The van der Waals surface area contributed by atoms with Crippen LogP contribution in [0.4, 0.5) is 0 Å². The number of fused-ring (bicyclic) bond motifs is 1. The molecule has 1 atom stereocenters. The quantitative estimate of drug-likeness (QED) is 0.821. The van der Waals surface area contributed by atoms with Gasteiger partial charge in [0.1, 0.15) is 17.1 Å². The molecule has 0 aliphatic carbocycles. The van der Waals surface area contributed by atoms with Crippen molar-refractivity contribution in [2.75, 3.05) is 11.6 Å². The Bertz CT molecular complexity index is 565. The van der Waals surface area contributed by atoms with E-state index in [1.165, 1.54) is 0 Å². The van der Waals surface area contributed by atoms with Gasteiger partial charge in [0.2, 0.25) is 0 Å². The Kier molecular flexibility index (Phi) is 2.21. The van der Waals surface area contributed by atoms with Crippen LogP contribution in [-0.2, 0) is 4.79 Å². The maximum absolute atomic E-state index is 11.1. The molecule has 17 heavy (non-hydrogen) atoms. The summed E-state index contributed by atoms with van der Waals surface area (Å²) in [5.41, 5.74) is 1.63. The van der Waals surface area contributed by atoms with Gasteiger partial charge in [0.15, 0.2) is 0 Å². The van der Waals surface area contributed by atoms with E-state index < -0.39 is 12.0 Å². The average molecular weight is 232 g/mol. The number of carboxylic acids is 1. The third-order valence-electron chi connectivity index (χ3n) is 3.09. The van der Waals surface area contributed by atoms with Crippen LogP contribution in [-0.4, -0.2) is 38.8 Å². The van der Waals surface area contributed by atoms with E-state index in [2.05, 4.69) is 10.3 Å². The Morgan fingerprint density at radius 3 is 3.06 bits per heavy atom. The minimum absolute atomic E-state index is 0.500. The smallest absolute Gasteiger partial charge is 0.328 e. The second-order valence-corrected chi connectivity index (χ2v) is 4.13. The number of hydrogen-bond acceptors (Lipinski definition) is 4. The number of rotatable bonds is 2. The zero-order valence-electron chi connectivity index (χ0n) is 9.15. The van der Waals surface area contributed by atoms with Crippen LogP contribution in [0.1, 0.15) is 12.8 Å². The first-order valence-corrected chi connectivity index (χ1v) is 5.57. The summed E-state index contributed by atoms with van der Waals surface area (Å²) < 4.78 is 0. The predicted molar refractivity (Wildman–Crippen MR) is 61.3 cm³/mol. The lowest BCUT2D eigenvalue weighted by molar-refractivity contribution is -0.138. The Labute approximate surface area is 97.4 Å². The third kappa shape index (κ3) is 1.52. The Morgan fingerprint density at radius 2 is 2.24 bits per heavy atom. The molecule has 88 valence electrons. The summed E-state index contributed by atoms with van der Waals surface area (Å²) in [6.07, 6.45) is 1.52. The van der Waals surface area contributed by atoms with Gasteiger partial charge in [-0.2, -0.15) is 4.79 Å². The zero-order chi connectivity index (χ0) is 11.8. The van der Waals surface area contributed by atoms with Gasteiger partial charge in [0, 0.05) is 6.54 Å². The molecule has 0 saturated carbocycles. The number of nitrogens with zero attached hydrogens (tertiary/aromatic N) is 4. The van der Waals surface area contributed by atoms with Gasteiger partial charge in [0.05, 0.1) is 0 Å². The lowest BCUT2D eigenvalue weighted by Gasteiger charge is -2.22. The fourth-order valence-corrected chi connectivity index (χ4v) is 2.28. The Balaban J connectivity index is 2.06. The molecule has 2 aromatic rings. The molecule has 1 fully saturated rings. The van der Waals surface area contributed by atoms with Gasteiger partial charge < -0.3 is 5.11 Å². The lowest BCUT2D eigenvalue weighted by atomic mass is 10.2. The van der Waals surface area contributed by atoms with Crippen molar-refractivity contribution in [3.63, 3.8) is 0 Å². The topological polar surface area (TPSA) is 71.2 Å². The van der Waals surface area contributed by atoms with Crippen molar-refractivity contribution in [1.82, 2.24) is 15.1 Å². The van der Waals surface area contributed by atoms with Crippen LogP contribution in [0, 0.1) is 0 Å². The van der Waals surface area contributed by atoms with Gasteiger partial charge in [-0.05, 0) is 30.2 Å². The van der Waals surface area contributed by atoms with E-state index in [4.69, 9.17) is 5.11 Å². The molecule has 1 aliphatic rings. The number of carboxylic acid groups (broad SMARTS) is 1. The van der Waals surface area contributed by atoms with Gasteiger partial charge in [-0.15, -0.1) is 5.10 Å². The van der Waals surface area contributed by atoms with Crippen LogP contribution in [0.15, 0.2) is 24.3 Å². The second kappa shape index (κ2) is 3.73. The molecule has 1 N–H and O–H groups in total. The highest BCUT2D eigenvalue weighted by molar-refractivity contribution is 5.78. The molecule has 0 amide bonds. The monoisotopic (exact) mass is 232 g/mol. The van der Waals surface area contributed by atoms with Crippen LogP contribution < -0.4 is 5.01 Å². The van der Waals surface area contributed by atoms with Crippen molar-refractivity contribution in [3.8, 4) is 0 Å². The van der Waals surface area contributed by atoms with Crippen LogP contribution in [0.25, 0.3) is 11.0 Å². The predicted octanol–water partition coefficient (Wildman–Crippen LogP) is 0.616. The van der Waals surface area contributed by atoms with E-state index in [9.17, 15) is 4.79 Å². The average Bonchev–Trinajstić information content (AvgIpc) is 2.94. The SMILES string of the molecule is O=C(O)[C@@H]1CCCN1n1nnc2ccccc21. The van der Waals surface area contributed by atoms with Crippen molar-refractivity contribution in [2.45, 2.75) is 18.9 Å². The van der Waals surface area contributed by atoms with E-state index in [0.29, 0.717) is 13.0 Å². The van der Waals surface area contributed by atoms with E-state index in [0.717, 1.165) is 17.5 Å². The van der Waals surface area contributed by atoms with Gasteiger partial charge in [-0.1, -0.05) is 12.1 Å². The molecule has 1 aliphatic heterocycles. The van der Waals surface area contributed by atoms with Gasteiger partial charge >= 0.3 is 5.97 Å². The van der Waals surface area contributed by atoms with Crippen molar-refractivity contribution in [1.29, 1.82) is 0 Å². The summed E-state index contributed by atoms with van der Waals surface area (Å²) >= 11 is 0. The van der Waals surface area contributed by atoms with Crippen molar-refractivity contribution >= 4 is 17.0 Å². The van der Waals surface area contributed by atoms with Crippen LogP contribution in [0.3, 0.4) is 0 Å². The summed E-state index contributed by atoms with van der Waals surface area (Å²) in [6.45, 7) is 0.699. The number of aliphatic carboxylic acids is 1. The molecule has 6 heteroatoms. The number of aromatic nitrogens is 3. The third-order valence-corrected chi connectivity index (χ3v) is 3.09. The molecule has 0 unspecified atom stereocenters. The lowest BCUT2D eigenvalue weighted by Crippen LogP contribution is -2.44. The summed E-state index contributed by atoms with van der Waals surface area (Å²) in [5, 5.41) is 19.0. The molecule has 3 rings (SSSR count). The minimum Gasteiger partial charge on any atom is -0.480 e. The Morgan fingerprint density at radius 1 is 1.41 bits per heavy atom. The fraction of sp³-hybridized carbons (Fsp3) is 0.364. The van der Waals surface area contributed by atoms with Crippen molar-refractivity contribution < 1.29 is 9.90 Å². The van der Waals surface area contributed by atoms with Gasteiger partial charge in [0.25, 0.3) is 0 Å². The normalized spacial score (nSPS) is 20.0. The van der Waals surface area contributed by atoms with E-state index >= 15 is 0 Å². The van der Waals surface area contributed by atoms with Gasteiger partial charge in [-0.3, -0.25) is 5.01 Å². The first kappa shape index (κ1) is 10.1. The second-order valence-electron chi connectivity index (χ2n) is 4.13. The summed E-state index contributed by atoms with van der Waals surface area (Å²) in [4.78, 5) is 12.8. The minimum atomic E-state index is -0.804. The molecule has 0 spiro atoms. The Hall–Kier alpha value is -2.11. The van der Waals surface area contributed by atoms with E-state index in [1.807, 2.05) is 24.3 Å². The number of hydrogen-bond donors (Lipinski definition) is 1. The molecular formula is C11H12N4O2. The molecular weight excluding hydrogens is 220 g/mol. The fourth-order valence-electron chi connectivity index (χ4n) is 2.28. The molecule has 2 heterocycles. The van der Waals surface area contributed by atoms with Crippen LogP contribution in [0.5, 0.6) is 0 Å². The highest BCUT2D eigenvalue weighted by Crippen LogP contribution is 2.19. The maximum Gasteiger partial charge on any atom is 0.328 e. The van der Waals surface area contributed by atoms with Crippen LogP contribution in [0.2, 0.25) is 0 Å². The largest absolute Gasteiger partial charge is 0.480 e. The van der Waals surface area contributed by atoms with Crippen LogP contribution >= 0.6 is 0 Å². The van der Waals surface area contributed by atoms with Crippen molar-refractivity contribution in [2.24, 2.45) is 0 Å². The standard InChI is InChI=1S/C11H12N4O2/c16-11(17)10-6-3-7-14(10)15-9-5-2-1-4-8(9)12-13-15/h1-2,4-5,10H,3,6-7H2,(H,16,17)/t10-/m0/s1. The number of para-hydroxylation sites is 1. The summed E-state index contributed by atoms with van der Waals surface area (Å²) in [5.74, 6) is -0.804. The number of carbonyl (C=O) groups is 1. The summed E-state index contributed by atoms with van der Waals surface area (Å²) in [7, 11) is 0. The molecule has 6 nitrogen and oxygen atoms in total. The first-order valence-electron chi connectivity index (χ1n) is 5.57. The molecule has 1 aromatic heterocycles. The molecule has 1 saturated heterocycles. The van der Waals surface area contributed by atoms with Crippen molar-refractivity contribution in [3.05, 3.63) is 24.3 Å². The maximum atomic E-state index is 11.1. The molecule has 0 radical (unpaired) electrons.